The summed E-state index contributed by atoms with van der Waals surface area (Å²) in [4.78, 5) is 18.1. The van der Waals surface area contributed by atoms with E-state index in [1.807, 2.05) is 11.8 Å². The topological polar surface area (TPSA) is 46.3 Å². The van der Waals surface area contributed by atoms with Crippen LogP contribution in [0.4, 0.5) is 4.39 Å². The Labute approximate surface area is 129 Å². The molecule has 1 saturated heterocycles. The van der Waals surface area contributed by atoms with Crippen molar-refractivity contribution in [1.29, 1.82) is 0 Å². The van der Waals surface area contributed by atoms with Crippen molar-refractivity contribution in [2.24, 2.45) is 0 Å². The van der Waals surface area contributed by atoms with Crippen LogP contribution in [0.2, 0.25) is 0 Å². The maximum absolute atomic E-state index is 13.7. The van der Waals surface area contributed by atoms with Gasteiger partial charge in [-0.3, -0.25) is 4.79 Å². The molecule has 3 rings (SSSR count). The molecule has 1 aliphatic rings. The Kier molecular flexibility index (Phi) is 4.22. The summed E-state index contributed by atoms with van der Waals surface area (Å²) >= 11 is 0. The molecule has 1 aliphatic heterocycles. The van der Waals surface area contributed by atoms with Gasteiger partial charge in [0.05, 0.1) is 6.20 Å². The van der Waals surface area contributed by atoms with E-state index >= 15 is 0 Å². The van der Waals surface area contributed by atoms with Crippen molar-refractivity contribution in [1.82, 2.24) is 9.88 Å². The van der Waals surface area contributed by atoms with E-state index in [4.69, 9.17) is 4.42 Å². The monoisotopic (exact) mass is 302 g/mol. The van der Waals surface area contributed by atoms with Crippen LogP contribution in [0.5, 0.6) is 0 Å². The van der Waals surface area contributed by atoms with Crippen molar-refractivity contribution in [3.63, 3.8) is 0 Å². The lowest BCUT2D eigenvalue weighted by molar-refractivity contribution is -0.132. The molecule has 1 aromatic heterocycles. The molecule has 0 saturated carbocycles. The first-order chi connectivity index (χ1) is 10.7. The number of carbonyl (C=O) groups excluding carboxylic acids is 1. The van der Waals surface area contributed by atoms with Crippen LogP contribution in [0.15, 0.2) is 34.9 Å². The first-order valence-electron chi connectivity index (χ1n) is 7.66. The Morgan fingerprint density at radius 3 is 3.05 bits per heavy atom. The van der Waals surface area contributed by atoms with Crippen LogP contribution in [0.25, 0.3) is 0 Å². The molecule has 1 atom stereocenters. The molecule has 2 aromatic rings. The van der Waals surface area contributed by atoms with Crippen molar-refractivity contribution in [3.05, 3.63) is 53.5 Å². The van der Waals surface area contributed by atoms with Gasteiger partial charge in [-0.1, -0.05) is 25.1 Å². The third-order valence-electron chi connectivity index (χ3n) is 4.05. The van der Waals surface area contributed by atoms with E-state index < -0.39 is 0 Å². The number of hydrogen-bond acceptors (Lipinski definition) is 3. The summed E-state index contributed by atoms with van der Waals surface area (Å²) < 4.78 is 19.5. The highest BCUT2D eigenvalue weighted by Gasteiger charge is 2.32. The molecule has 1 unspecified atom stereocenters. The van der Waals surface area contributed by atoms with Gasteiger partial charge in [0.1, 0.15) is 17.6 Å². The minimum absolute atomic E-state index is 0.0816. The van der Waals surface area contributed by atoms with Gasteiger partial charge in [-0.15, -0.1) is 0 Å². The Hall–Kier alpha value is -2.17. The van der Waals surface area contributed by atoms with E-state index in [0.29, 0.717) is 30.1 Å². The number of nitrogens with zero attached hydrogens (tertiary/aromatic N) is 2. The van der Waals surface area contributed by atoms with E-state index in [0.717, 1.165) is 19.4 Å². The first kappa shape index (κ1) is 14.8. The second kappa shape index (κ2) is 6.30. The molecule has 4 nitrogen and oxygen atoms in total. The number of aromatic nitrogens is 1. The SMILES string of the molecule is CCC(=O)N1CCCC1c1ncc(Cc2ccccc2F)o1. The highest BCUT2D eigenvalue weighted by molar-refractivity contribution is 5.76. The third kappa shape index (κ3) is 2.89. The zero-order chi connectivity index (χ0) is 15.5. The van der Waals surface area contributed by atoms with E-state index in [2.05, 4.69) is 4.98 Å². The van der Waals surface area contributed by atoms with Gasteiger partial charge in [0.2, 0.25) is 11.8 Å². The van der Waals surface area contributed by atoms with Crippen LogP contribution in [-0.2, 0) is 11.2 Å². The fraction of sp³-hybridized carbons (Fsp3) is 0.412. The van der Waals surface area contributed by atoms with Crippen LogP contribution in [0, 0.1) is 5.82 Å². The van der Waals surface area contributed by atoms with Crippen LogP contribution in [0.3, 0.4) is 0 Å². The zero-order valence-corrected chi connectivity index (χ0v) is 12.6. The lowest BCUT2D eigenvalue weighted by Gasteiger charge is -2.21. The molecule has 0 N–H and O–H groups in total. The van der Waals surface area contributed by atoms with Gasteiger partial charge in [-0.05, 0) is 24.5 Å². The number of likely N-dealkylation sites (tertiary alicyclic amines) is 1. The van der Waals surface area contributed by atoms with Gasteiger partial charge >= 0.3 is 0 Å². The molecule has 22 heavy (non-hydrogen) atoms. The number of rotatable bonds is 4. The fourth-order valence-corrected chi connectivity index (χ4v) is 2.91. The molecule has 1 amide bonds. The van der Waals surface area contributed by atoms with E-state index in [1.165, 1.54) is 6.07 Å². The minimum Gasteiger partial charge on any atom is -0.443 e. The summed E-state index contributed by atoms with van der Waals surface area (Å²) in [6, 6.07) is 6.55. The number of hydrogen-bond donors (Lipinski definition) is 0. The van der Waals surface area contributed by atoms with Gasteiger partial charge in [0.15, 0.2) is 0 Å². The van der Waals surface area contributed by atoms with Gasteiger partial charge in [0, 0.05) is 19.4 Å². The predicted molar refractivity (Wildman–Crippen MR) is 79.7 cm³/mol. The number of amides is 1. The maximum Gasteiger partial charge on any atom is 0.222 e. The van der Waals surface area contributed by atoms with Crippen LogP contribution >= 0.6 is 0 Å². The molecule has 2 heterocycles. The highest BCUT2D eigenvalue weighted by Crippen LogP contribution is 2.32. The van der Waals surface area contributed by atoms with Crippen molar-refractivity contribution >= 4 is 5.91 Å². The molecule has 0 radical (unpaired) electrons. The van der Waals surface area contributed by atoms with Crippen LogP contribution in [0.1, 0.15) is 49.4 Å². The largest absolute Gasteiger partial charge is 0.443 e. The quantitative estimate of drug-likeness (QED) is 0.868. The summed E-state index contributed by atoms with van der Waals surface area (Å²) in [5.41, 5.74) is 0.582. The normalized spacial score (nSPS) is 17.9. The van der Waals surface area contributed by atoms with E-state index in [-0.39, 0.29) is 17.8 Å². The van der Waals surface area contributed by atoms with E-state index in [9.17, 15) is 9.18 Å². The van der Waals surface area contributed by atoms with Crippen molar-refractivity contribution in [2.75, 3.05) is 6.54 Å². The highest BCUT2D eigenvalue weighted by atomic mass is 19.1. The molecule has 0 spiro atoms. The first-order valence-corrected chi connectivity index (χ1v) is 7.66. The molecular formula is C17H19FN2O2. The molecular weight excluding hydrogens is 283 g/mol. The molecule has 5 heteroatoms. The Bertz CT molecular complexity index is 668. The summed E-state index contributed by atoms with van der Waals surface area (Å²) in [5.74, 6) is 1.06. The smallest absolute Gasteiger partial charge is 0.222 e. The third-order valence-corrected chi connectivity index (χ3v) is 4.05. The van der Waals surface area contributed by atoms with Crippen LogP contribution < -0.4 is 0 Å². The van der Waals surface area contributed by atoms with Gasteiger partial charge < -0.3 is 9.32 Å². The molecule has 1 aromatic carbocycles. The lowest BCUT2D eigenvalue weighted by Crippen LogP contribution is -2.29. The fourth-order valence-electron chi connectivity index (χ4n) is 2.91. The van der Waals surface area contributed by atoms with Crippen molar-refractivity contribution in [3.8, 4) is 0 Å². The van der Waals surface area contributed by atoms with Crippen LogP contribution in [-0.4, -0.2) is 22.3 Å². The van der Waals surface area contributed by atoms with Gasteiger partial charge in [-0.2, -0.15) is 0 Å². The summed E-state index contributed by atoms with van der Waals surface area (Å²) in [7, 11) is 0. The average Bonchev–Trinajstić information content (AvgIpc) is 3.17. The molecule has 1 fully saturated rings. The minimum atomic E-state index is -0.246. The number of carbonyl (C=O) groups is 1. The molecule has 0 bridgehead atoms. The summed E-state index contributed by atoms with van der Waals surface area (Å²) in [6.07, 6.45) is 4.31. The predicted octanol–water partition coefficient (Wildman–Crippen LogP) is 3.48. The number of halogens is 1. The summed E-state index contributed by atoms with van der Waals surface area (Å²) in [5, 5.41) is 0. The molecule has 0 aliphatic carbocycles. The Morgan fingerprint density at radius 2 is 2.27 bits per heavy atom. The maximum atomic E-state index is 13.7. The number of benzene rings is 1. The number of oxazole rings is 1. The lowest BCUT2D eigenvalue weighted by atomic mass is 10.1. The van der Waals surface area contributed by atoms with E-state index in [1.54, 1.807) is 24.4 Å². The van der Waals surface area contributed by atoms with Gasteiger partial charge in [0.25, 0.3) is 0 Å². The standard InChI is InChI=1S/C17H19FN2O2/c1-2-16(21)20-9-5-8-15(20)17-19-11-13(22-17)10-12-6-3-4-7-14(12)18/h3-4,6-7,11,15H,2,5,8-10H2,1H3. The average molecular weight is 302 g/mol. The zero-order valence-electron chi connectivity index (χ0n) is 12.6. The van der Waals surface area contributed by atoms with Crippen molar-refractivity contribution < 1.29 is 13.6 Å². The van der Waals surface area contributed by atoms with Gasteiger partial charge in [-0.25, -0.2) is 9.37 Å². The molecule has 116 valence electrons. The van der Waals surface area contributed by atoms with Crippen molar-refractivity contribution in [2.45, 2.75) is 38.6 Å². The Balaban J connectivity index is 1.76. The second-order valence-corrected chi connectivity index (χ2v) is 5.53. The second-order valence-electron chi connectivity index (χ2n) is 5.53. The Morgan fingerprint density at radius 1 is 1.45 bits per heavy atom. The summed E-state index contributed by atoms with van der Waals surface area (Å²) in [6.45, 7) is 2.61.